The van der Waals surface area contributed by atoms with E-state index in [2.05, 4.69) is 10.6 Å². The minimum atomic E-state index is -1.45. The second-order valence-electron chi connectivity index (χ2n) is 8.35. The Morgan fingerprint density at radius 2 is 1.79 bits per heavy atom. The third kappa shape index (κ3) is 4.67. The third-order valence-electron chi connectivity index (χ3n) is 5.76. The van der Waals surface area contributed by atoms with Gasteiger partial charge in [0.2, 0.25) is 11.8 Å². The van der Waals surface area contributed by atoms with Crippen LogP contribution in [-0.2, 0) is 19.9 Å². The molecule has 0 aliphatic carbocycles. The molecule has 1 unspecified atom stereocenters. The number of likely N-dealkylation sites (N-methyl/N-ethyl adjacent to an activating group) is 1. The van der Waals surface area contributed by atoms with Crippen molar-refractivity contribution in [3.05, 3.63) is 58.6 Å². The average Bonchev–Trinajstić information content (AvgIpc) is 3.06. The monoisotopic (exact) mass is 472 g/mol. The highest BCUT2D eigenvalue weighted by molar-refractivity contribution is 6.31. The Balaban J connectivity index is 2.18. The number of amides is 3. The minimum absolute atomic E-state index is 0.112. The number of rotatable bonds is 8. The van der Waals surface area contributed by atoms with E-state index < -0.39 is 11.6 Å². The first-order valence-corrected chi connectivity index (χ1v) is 10.9. The van der Waals surface area contributed by atoms with Gasteiger partial charge in [-0.2, -0.15) is 0 Å². The summed E-state index contributed by atoms with van der Waals surface area (Å²) in [6.45, 7) is 0. The summed E-state index contributed by atoms with van der Waals surface area (Å²) in [5, 5.41) is 6.67. The fourth-order valence-electron chi connectivity index (χ4n) is 4.04. The van der Waals surface area contributed by atoms with Crippen LogP contribution >= 0.6 is 11.6 Å². The number of fused-ring (bicyclic) bond motifs is 1. The fourth-order valence-corrected chi connectivity index (χ4v) is 4.21. The Bertz CT molecular complexity index is 1070. The van der Waals surface area contributed by atoms with Crippen molar-refractivity contribution in [1.82, 2.24) is 15.1 Å². The smallest absolute Gasteiger partial charge is 0.254 e. The molecule has 3 rings (SSSR count). The highest BCUT2D eigenvalue weighted by Crippen LogP contribution is 2.45. The molecule has 0 fully saturated rings. The van der Waals surface area contributed by atoms with Gasteiger partial charge in [0.25, 0.3) is 5.91 Å². The van der Waals surface area contributed by atoms with Gasteiger partial charge in [0.05, 0.1) is 13.2 Å². The first kappa shape index (κ1) is 24.5. The predicted octanol–water partition coefficient (Wildman–Crippen LogP) is 2.46. The molecule has 9 heteroatoms. The van der Waals surface area contributed by atoms with Crippen molar-refractivity contribution in [2.75, 3.05) is 40.6 Å². The van der Waals surface area contributed by atoms with Crippen molar-refractivity contribution >= 4 is 35.0 Å². The summed E-state index contributed by atoms with van der Waals surface area (Å²) in [6.07, 6.45) is 0.338. The lowest BCUT2D eigenvalue weighted by Crippen LogP contribution is -2.57. The summed E-state index contributed by atoms with van der Waals surface area (Å²) in [6, 6.07) is 11.4. The summed E-state index contributed by atoms with van der Waals surface area (Å²) < 4.78 is 5.59. The van der Waals surface area contributed by atoms with Gasteiger partial charge in [0.15, 0.2) is 5.54 Å². The first-order valence-electron chi connectivity index (χ1n) is 10.6. The number of hydrogen-bond donors (Lipinski definition) is 2. The zero-order valence-corrected chi connectivity index (χ0v) is 20.2. The number of anilines is 1. The number of benzene rings is 2. The summed E-state index contributed by atoms with van der Waals surface area (Å²) in [5.74, 6) is -0.244. The van der Waals surface area contributed by atoms with Crippen LogP contribution in [0.3, 0.4) is 0 Å². The van der Waals surface area contributed by atoms with E-state index in [0.29, 0.717) is 27.6 Å². The van der Waals surface area contributed by atoms with E-state index in [1.807, 2.05) is 0 Å². The number of carbonyl (C=O) groups excluding carboxylic acids is 3. The number of nitrogens with zero attached hydrogens (tertiary/aromatic N) is 2. The highest BCUT2D eigenvalue weighted by Gasteiger charge is 2.52. The molecule has 1 heterocycles. The zero-order chi connectivity index (χ0) is 24.3. The second kappa shape index (κ2) is 9.80. The van der Waals surface area contributed by atoms with Crippen LogP contribution < -0.4 is 15.4 Å². The van der Waals surface area contributed by atoms with Crippen molar-refractivity contribution in [2.45, 2.75) is 24.4 Å². The molecule has 2 aromatic rings. The summed E-state index contributed by atoms with van der Waals surface area (Å²) in [4.78, 5) is 42.0. The van der Waals surface area contributed by atoms with Gasteiger partial charge in [-0.15, -0.1) is 0 Å². The number of carbonyl (C=O) groups is 3. The van der Waals surface area contributed by atoms with Crippen molar-refractivity contribution in [2.24, 2.45) is 0 Å². The van der Waals surface area contributed by atoms with Crippen LogP contribution in [0.1, 0.15) is 24.0 Å². The molecule has 2 atom stereocenters. The summed E-state index contributed by atoms with van der Waals surface area (Å²) in [5.41, 5.74) is 0.259. The number of halogens is 1. The number of ether oxygens (including phenoxy) is 1. The topological polar surface area (TPSA) is 91.0 Å². The van der Waals surface area contributed by atoms with Crippen molar-refractivity contribution in [1.29, 1.82) is 0 Å². The maximum atomic E-state index is 13.6. The van der Waals surface area contributed by atoms with Gasteiger partial charge in [-0.1, -0.05) is 29.8 Å². The van der Waals surface area contributed by atoms with Crippen LogP contribution in [0.25, 0.3) is 0 Å². The molecule has 1 aliphatic rings. The van der Waals surface area contributed by atoms with Gasteiger partial charge in [-0.3, -0.25) is 19.7 Å². The summed E-state index contributed by atoms with van der Waals surface area (Å²) >= 11 is 6.32. The van der Waals surface area contributed by atoms with Crippen LogP contribution in [0.15, 0.2) is 42.5 Å². The number of para-hydroxylation sites is 1. The molecule has 0 saturated carbocycles. The quantitative estimate of drug-likeness (QED) is 0.616. The number of hydrogen-bond acceptors (Lipinski definition) is 5. The van der Waals surface area contributed by atoms with Crippen LogP contribution in [0.2, 0.25) is 5.02 Å². The van der Waals surface area contributed by atoms with E-state index in [0.717, 1.165) is 0 Å². The molecule has 0 bridgehead atoms. The van der Waals surface area contributed by atoms with E-state index in [-0.39, 0.29) is 30.6 Å². The second-order valence-corrected chi connectivity index (χ2v) is 8.79. The van der Waals surface area contributed by atoms with Crippen LogP contribution in [-0.4, -0.2) is 68.9 Å². The molecule has 176 valence electrons. The normalized spacial score (nSPS) is 17.7. The van der Waals surface area contributed by atoms with E-state index in [4.69, 9.17) is 16.3 Å². The van der Waals surface area contributed by atoms with Crippen LogP contribution in [0.5, 0.6) is 5.75 Å². The molecule has 0 saturated heterocycles. The average molecular weight is 473 g/mol. The Kier molecular flexibility index (Phi) is 7.29. The maximum Gasteiger partial charge on any atom is 0.254 e. The van der Waals surface area contributed by atoms with Crippen molar-refractivity contribution in [3.8, 4) is 5.75 Å². The maximum absolute atomic E-state index is 13.6. The van der Waals surface area contributed by atoms with Gasteiger partial charge >= 0.3 is 0 Å². The molecular formula is C24H29ClN4O4. The Morgan fingerprint density at radius 3 is 2.42 bits per heavy atom. The third-order valence-corrected chi connectivity index (χ3v) is 6.00. The minimum Gasteiger partial charge on any atom is -0.496 e. The fraction of sp³-hybridized carbons (Fsp3) is 0.375. The van der Waals surface area contributed by atoms with Crippen molar-refractivity contribution in [3.63, 3.8) is 0 Å². The molecule has 1 aliphatic heterocycles. The SMILES string of the molecule is COc1ccccc1C1(N[C@@H](CCC(=O)N(C)C)C(=O)N(C)C)C(=O)Nc2ccc(Cl)cc21. The van der Waals surface area contributed by atoms with E-state index in [1.54, 1.807) is 70.7 Å². The van der Waals surface area contributed by atoms with Gasteiger partial charge in [0.1, 0.15) is 5.75 Å². The standard InChI is InChI=1S/C24H29ClN4O4/c1-28(2)21(30)13-12-19(22(31)29(3)4)27-24(16-8-6-7-9-20(16)33-5)17-14-15(25)10-11-18(17)26-23(24)32/h6-11,14,19,27H,12-13H2,1-5H3,(H,26,32)/t19-,24?/m0/s1. The lowest BCUT2D eigenvalue weighted by atomic mass is 9.82. The molecule has 8 nitrogen and oxygen atoms in total. The molecular weight excluding hydrogens is 444 g/mol. The van der Waals surface area contributed by atoms with E-state index >= 15 is 0 Å². The molecule has 2 N–H and O–H groups in total. The van der Waals surface area contributed by atoms with Gasteiger partial charge in [0, 0.05) is 56.4 Å². The largest absolute Gasteiger partial charge is 0.496 e. The van der Waals surface area contributed by atoms with Crippen molar-refractivity contribution < 1.29 is 19.1 Å². The van der Waals surface area contributed by atoms with Gasteiger partial charge in [-0.25, -0.2) is 0 Å². The molecule has 0 spiro atoms. The molecule has 0 aromatic heterocycles. The molecule has 3 amide bonds. The zero-order valence-electron chi connectivity index (χ0n) is 19.4. The number of methoxy groups -OCH3 is 1. The highest BCUT2D eigenvalue weighted by atomic mass is 35.5. The first-order chi connectivity index (χ1) is 15.6. The molecule has 33 heavy (non-hydrogen) atoms. The van der Waals surface area contributed by atoms with Gasteiger partial charge < -0.3 is 19.9 Å². The predicted molar refractivity (Wildman–Crippen MR) is 127 cm³/mol. The van der Waals surface area contributed by atoms with E-state index in [9.17, 15) is 14.4 Å². The molecule has 0 radical (unpaired) electrons. The summed E-state index contributed by atoms with van der Waals surface area (Å²) in [7, 11) is 8.13. The Hall–Kier alpha value is -3.10. The van der Waals surface area contributed by atoms with Crippen LogP contribution in [0.4, 0.5) is 5.69 Å². The van der Waals surface area contributed by atoms with Crippen LogP contribution in [0, 0.1) is 0 Å². The molecule has 2 aromatic carbocycles. The van der Waals surface area contributed by atoms with Gasteiger partial charge in [-0.05, 0) is 30.7 Å². The lowest BCUT2D eigenvalue weighted by molar-refractivity contribution is -0.133. The Morgan fingerprint density at radius 1 is 1.09 bits per heavy atom. The Labute approximate surface area is 198 Å². The van der Waals surface area contributed by atoms with E-state index in [1.165, 1.54) is 16.9 Å². The lowest BCUT2D eigenvalue weighted by Gasteiger charge is -2.35. The number of nitrogens with one attached hydrogen (secondary N) is 2.